The molecular weight excluding hydrogens is 162 g/mol. The summed E-state index contributed by atoms with van der Waals surface area (Å²) in [4.78, 5) is 0. The van der Waals surface area contributed by atoms with Gasteiger partial charge in [0.1, 0.15) is 0 Å². The van der Waals surface area contributed by atoms with E-state index in [1.807, 2.05) is 0 Å². The molecule has 2 atom stereocenters. The molecule has 5 heteroatoms. The second-order valence-corrected chi connectivity index (χ2v) is 3.07. The van der Waals surface area contributed by atoms with Crippen LogP contribution in [-0.4, -0.2) is 23.4 Å². The van der Waals surface area contributed by atoms with E-state index < -0.39 is 13.9 Å². The first-order valence-electron chi connectivity index (χ1n) is 2.55. The molecule has 0 fully saturated rings. The van der Waals surface area contributed by atoms with Crippen molar-refractivity contribution >= 4 is 19.6 Å². The van der Waals surface area contributed by atoms with Gasteiger partial charge in [-0.2, -0.15) is 0 Å². The van der Waals surface area contributed by atoms with Gasteiger partial charge < -0.3 is 5.11 Å². The Bertz CT molecular complexity index is 97.8. The SMILES string of the molecule is CCO[P+](=O)C(O)CCl. The molecule has 3 nitrogen and oxygen atoms in total. The summed E-state index contributed by atoms with van der Waals surface area (Å²) in [5.74, 6) is -1.07. The predicted molar refractivity (Wildman–Crippen MR) is 36.0 cm³/mol. The topological polar surface area (TPSA) is 46.5 Å². The van der Waals surface area contributed by atoms with Crippen molar-refractivity contribution in [2.45, 2.75) is 12.8 Å². The molecule has 2 unspecified atom stereocenters. The minimum absolute atomic E-state index is 0.0464. The highest BCUT2D eigenvalue weighted by Gasteiger charge is 2.28. The van der Waals surface area contributed by atoms with Gasteiger partial charge in [-0.25, -0.2) is 0 Å². The van der Waals surface area contributed by atoms with Gasteiger partial charge in [-0.3, -0.25) is 0 Å². The fourth-order valence-electron chi connectivity index (χ4n) is 0.270. The number of hydrogen-bond donors (Lipinski definition) is 1. The fraction of sp³-hybridized carbons (Fsp3) is 1.00. The lowest BCUT2D eigenvalue weighted by Crippen LogP contribution is -2.02. The van der Waals surface area contributed by atoms with Crippen LogP contribution in [0.2, 0.25) is 0 Å². The molecule has 0 rings (SSSR count). The Labute approximate surface area is 59.8 Å². The Balaban J connectivity index is 3.46. The molecule has 0 aliphatic rings. The Morgan fingerprint density at radius 3 is 2.78 bits per heavy atom. The lowest BCUT2D eigenvalue weighted by molar-refractivity contribution is 0.239. The van der Waals surface area contributed by atoms with Crippen molar-refractivity contribution in [2.75, 3.05) is 12.5 Å². The van der Waals surface area contributed by atoms with Gasteiger partial charge in [-0.05, 0) is 11.5 Å². The van der Waals surface area contributed by atoms with E-state index in [1.54, 1.807) is 6.92 Å². The van der Waals surface area contributed by atoms with Gasteiger partial charge in [-0.15, -0.1) is 16.1 Å². The van der Waals surface area contributed by atoms with Gasteiger partial charge in [-0.1, -0.05) is 0 Å². The van der Waals surface area contributed by atoms with Crippen molar-refractivity contribution in [3.8, 4) is 0 Å². The quantitative estimate of drug-likeness (QED) is 0.513. The van der Waals surface area contributed by atoms with E-state index in [4.69, 9.17) is 16.7 Å². The highest BCUT2D eigenvalue weighted by Crippen LogP contribution is 2.27. The van der Waals surface area contributed by atoms with Crippen LogP contribution in [0.15, 0.2) is 0 Å². The molecule has 1 N–H and O–H groups in total. The van der Waals surface area contributed by atoms with Gasteiger partial charge in [0, 0.05) is 0 Å². The van der Waals surface area contributed by atoms with Crippen molar-refractivity contribution in [3.05, 3.63) is 0 Å². The number of halogens is 1. The Hall–Kier alpha value is 0.310. The van der Waals surface area contributed by atoms with Gasteiger partial charge in [0.2, 0.25) is 0 Å². The molecule has 0 aliphatic heterocycles. The number of alkyl halides is 1. The summed E-state index contributed by atoms with van der Waals surface area (Å²) >= 11 is 5.17. The van der Waals surface area contributed by atoms with Crippen molar-refractivity contribution in [1.29, 1.82) is 0 Å². The van der Waals surface area contributed by atoms with Crippen LogP contribution in [0.3, 0.4) is 0 Å². The molecule has 0 aromatic rings. The van der Waals surface area contributed by atoms with Crippen LogP contribution in [0.4, 0.5) is 0 Å². The lowest BCUT2D eigenvalue weighted by atomic mass is 10.9. The predicted octanol–water partition coefficient (Wildman–Crippen LogP) is 1.32. The zero-order valence-corrected chi connectivity index (χ0v) is 6.73. The third-order valence-corrected chi connectivity index (χ3v) is 2.33. The summed E-state index contributed by atoms with van der Waals surface area (Å²) in [6, 6.07) is 0. The Morgan fingerprint density at radius 1 is 1.89 bits per heavy atom. The Kier molecular flexibility index (Phi) is 5.30. The van der Waals surface area contributed by atoms with E-state index in [9.17, 15) is 4.57 Å². The van der Waals surface area contributed by atoms with Crippen LogP contribution in [0.5, 0.6) is 0 Å². The van der Waals surface area contributed by atoms with Crippen LogP contribution in [0, 0.1) is 0 Å². The monoisotopic (exact) mass is 171 g/mol. The first-order chi connectivity index (χ1) is 4.22. The zero-order valence-electron chi connectivity index (χ0n) is 5.08. The molecule has 9 heavy (non-hydrogen) atoms. The Morgan fingerprint density at radius 2 is 2.44 bits per heavy atom. The van der Waals surface area contributed by atoms with Crippen LogP contribution in [-0.2, 0) is 9.09 Å². The molecule has 0 amide bonds. The maximum atomic E-state index is 10.6. The maximum absolute atomic E-state index is 10.6. The molecule has 0 aliphatic carbocycles. The molecular formula is C4H9ClO3P+. The average molecular weight is 172 g/mol. The minimum Gasteiger partial charge on any atom is -0.348 e. The number of aliphatic hydroxyl groups excluding tert-OH is 1. The van der Waals surface area contributed by atoms with Gasteiger partial charge in [0.25, 0.3) is 5.85 Å². The normalized spacial score (nSPS) is 15.2. The largest absolute Gasteiger partial charge is 0.541 e. The summed E-state index contributed by atoms with van der Waals surface area (Å²) in [6.07, 6.45) is 0. The summed E-state index contributed by atoms with van der Waals surface area (Å²) < 4.78 is 15.1. The number of rotatable bonds is 4. The summed E-state index contributed by atoms with van der Waals surface area (Å²) in [5, 5.41) is 8.72. The second-order valence-electron chi connectivity index (χ2n) is 1.34. The van der Waals surface area contributed by atoms with E-state index in [0.29, 0.717) is 6.61 Å². The van der Waals surface area contributed by atoms with Gasteiger partial charge >= 0.3 is 8.03 Å². The molecule has 0 heterocycles. The highest BCUT2D eigenvalue weighted by molar-refractivity contribution is 7.39. The van der Waals surface area contributed by atoms with Crippen LogP contribution < -0.4 is 0 Å². The van der Waals surface area contributed by atoms with Crippen LogP contribution >= 0.6 is 19.6 Å². The van der Waals surface area contributed by atoms with Gasteiger partial charge in [0.05, 0.1) is 12.5 Å². The first kappa shape index (κ1) is 9.31. The number of hydrogen-bond acceptors (Lipinski definition) is 3. The average Bonchev–Trinajstić information content (AvgIpc) is 1.87. The summed E-state index contributed by atoms with van der Waals surface area (Å²) in [7, 11) is -1.97. The van der Waals surface area contributed by atoms with E-state index in [0.717, 1.165) is 0 Å². The van der Waals surface area contributed by atoms with Crippen LogP contribution in [0.1, 0.15) is 6.92 Å². The third-order valence-electron chi connectivity index (χ3n) is 0.638. The van der Waals surface area contributed by atoms with Crippen molar-refractivity contribution in [1.82, 2.24) is 0 Å². The maximum Gasteiger partial charge on any atom is 0.541 e. The standard InChI is InChI=1S/C4H9ClO3P/c1-2-8-9(7)4(6)3-5/h4,6H,2-3H2,1H3/q+1. The molecule has 54 valence electrons. The van der Waals surface area contributed by atoms with E-state index in [2.05, 4.69) is 4.52 Å². The van der Waals surface area contributed by atoms with E-state index >= 15 is 0 Å². The molecule has 0 bridgehead atoms. The molecule has 0 radical (unpaired) electrons. The minimum atomic E-state index is -1.97. The first-order valence-corrected chi connectivity index (χ1v) is 4.33. The molecule has 0 saturated heterocycles. The summed E-state index contributed by atoms with van der Waals surface area (Å²) in [5.41, 5.74) is 0. The molecule has 0 aromatic heterocycles. The fourth-order valence-corrected chi connectivity index (χ4v) is 1.15. The molecule has 0 aromatic carbocycles. The van der Waals surface area contributed by atoms with E-state index in [-0.39, 0.29) is 5.88 Å². The van der Waals surface area contributed by atoms with Crippen LogP contribution in [0.25, 0.3) is 0 Å². The number of aliphatic hydroxyl groups is 1. The summed E-state index contributed by atoms with van der Waals surface area (Å²) in [6.45, 7) is 2.04. The lowest BCUT2D eigenvalue weighted by Gasteiger charge is -1.89. The van der Waals surface area contributed by atoms with Crippen molar-refractivity contribution in [2.24, 2.45) is 0 Å². The zero-order chi connectivity index (χ0) is 7.28. The van der Waals surface area contributed by atoms with Crippen molar-refractivity contribution < 1.29 is 14.2 Å². The van der Waals surface area contributed by atoms with E-state index in [1.165, 1.54) is 0 Å². The molecule has 0 spiro atoms. The molecule has 0 saturated carbocycles. The second kappa shape index (κ2) is 5.12. The van der Waals surface area contributed by atoms with Gasteiger partial charge in [0.15, 0.2) is 0 Å². The van der Waals surface area contributed by atoms with Crippen molar-refractivity contribution in [3.63, 3.8) is 0 Å². The smallest absolute Gasteiger partial charge is 0.348 e. The third kappa shape index (κ3) is 3.82. The highest BCUT2D eigenvalue weighted by atomic mass is 35.5.